The highest BCUT2D eigenvalue weighted by atomic mass is 18.2. The first kappa shape index (κ1) is 11.7. The second-order valence-electron chi connectivity index (χ2n) is 2.71. The van der Waals surface area contributed by atoms with Crippen molar-refractivity contribution in [1.82, 2.24) is 0 Å². The summed E-state index contributed by atoms with van der Waals surface area (Å²) >= 11 is 0. The highest BCUT2D eigenvalue weighted by molar-refractivity contribution is 4.82. The number of hydrogen-bond donors (Lipinski definition) is 5. The fourth-order valence-electron chi connectivity index (χ4n) is 0.630. The van der Waals surface area contributed by atoms with Crippen LogP contribution >= 0.6 is 0 Å². The van der Waals surface area contributed by atoms with Gasteiger partial charge in [0.05, 0.1) is 6.61 Å². The van der Waals surface area contributed by atoms with E-state index in [9.17, 15) is 4.39 Å². The summed E-state index contributed by atoms with van der Waals surface area (Å²) in [6.07, 6.45) is -5.75. The van der Waals surface area contributed by atoms with Crippen LogP contribution in [0.25, 0.3) is 0 Å². The molecule has 0 rings (SSSR count). The maximum atomic E-state index is 12.5. The summed E-state index contributed by atoms with van der Waals surface area (Å²) in [7, 11) is 0. The van der Waals surface area contributed by atoms with Crippen LogP contribution in [0.5, 0.6) is 0 Å². The second kappa shape index (κ2) is 4.11. The van der Waals surface area contributed by atoms with Gasteiger partial charge < -0.3 is 25.5 Å². The first-order chi connectivity index (χ1) is 5.30. The molecule has 0 heterocycles. The minimum Gasteiger partial charge on any atom is -0.394 e. The number of alkyl halides is 1. The fourth-order valence-corrected chi connectivity index (χ4v) is 0.630. The molecule has 12 heavy (non-hydrogen) atoms. The molecule has 0 radical (unpaired) electrons. The van der Waals surface area contributed by atoms with Crippen molar-refractivity contribution >= 4 is 0 Å². The predicted molar refractivity (Wildman–Crippen MR) is 36.8 cm³/mol. The van der Waals surface area contributed by atoms with Gasteiger partial charge in [-0.2, -0.15) is 0 Å². The predicted octanol–water partition coefficient (Wildman–Crippen LogP) is -2.26. The van der Waals surface area contributed by atoms with Crippen LogP contribution in [0.15, 0.2) is 0 Å². The molecule has 0 aliphatic heterocycles. The summed E-state index contributed by atoms with van der Waals surface area (Å²) in [5.41, 5.74) is 0. The topological polar surface area (TPSA) is 101 Å². The minimum atomic E-state index is -3.00. The molecule has 0 aliphatic rings. The molecular formula is C6H13FO5. The van der Waals surface area contributed by atoms with Crippen molar-refractivity contribution in [3.8, 4) is 0 Å². The van der Waals surface area contributed by atoms with E-state index in [-0.39, 0.29) is 0 Å². The molecule has 0 bridgehead atoms. The number of hydrogen-bond acceptors (Lipinski definition) is 5. The van der Waals surface area contributed by atoms with Crippen molar-refractivity contribution in [1.29, 1.82) is 0 Å². The molecule has 0 aromatic carbocycles. The van der Waals surface area contributed by atoms with Gasteiger partial charge in [-0.1, -0.05) is 0 Å². The third-order valence-corrected chi connectivity index (χ3v) is 1.44. The number of aliphatic hydroxyl groups is 5. The molecule has 0 aromatic rings. The van der Waals surface area contributed by atoms with Gasteiger partial charge in [-0.05, 0) is 6.92 Å². The normalized spacial score (nSPS) is 24.2. The van der Waals surface area contributed by atoms with Crippen LogP contribution in [0.1, 0.15) is 6.92 Å². The molecule has 0 aliphatic carbocycles. The first-order valence-electron chi connectivity index (χ1n) is 3.37. The largest absolute Gasteiger partial charge is 0.394 e. The Balaban J connectivity index is 4.19. The summed E-state index contributed by atoms with van der Waals surface area (Å²) < 4.78 is 12.5. The van der Waals surface area contributed by atoms with Crippen LogP contribution in [0, 0.1) is 0 Å². The van der Waals surface area contributed by atoms with Gasteiger partial charge in [0.25, 0.3) is 0 Å². The first-order valence-corrected chi connectivity index (χ1v) is 3.37. The van der Waals surface area contributed by atoms with Gasteiger partial charge in [0.15, 0.2) is 0 Å². The Bertz CT molecular complexity index is 134. The quantitative estimate of drug-likeness (QED) is 0.338. The molecule has 0 amide bonds. The molecular weight excluding hydrogens is 170 g/mol. The molecule has 6 heteroatoms. The number of aliphatic hydroxyl groups excluding tert-OH is 4. The van der Waals surface area contributed by atoms with E-state index >= 15 is 0 Å². The summed E-state index contributed by atoms with van der Waals surface area (Å²) in [6.45, 7) is -0.195. The van der Waals surface area contributed by atoms with Gasteiger partial charge in [-0.15, -0.1) is 0 Å². The van der Waals surface area contributed by atoms with Gasteiger partial charge in [-0.3, -0.25) is 0 Å². The van der Waals surface area contributed by atoms with Crippen molar-refractivity contribution in [3.63, 3.8) is 0 Å². The van der Waals surface area contributed by atoms with Crippen molar-refractivity contribution in [2.75, 3.05) is 6.61 Å². The van der Waals surface area contributed by atoms with Crippen LogP contribution in [0.3, 0.4) is 0 Å². The van der Waals surface area contributed by atoms with Crippen molar-refractivity contribution < 1.29 is 29.9 Å². The molecule has 0 saturated heterocycles. The zero-order valence-corrected chi connectivity index (χ0v) is 6.55. The fraction of sp³-hybridized carbons (Fsp3) is 1.00. The van der Waals surface area contributed by atoms with E-state index in [1.165, 1.54) is 0 Å². The van der Waals surface area contributed by atoms with E-state index in [4.69, 9.17) is 25.5 Å². The Morgan fingerprint density at radius 2 is 1.75 bits per heavy atom. The van der Waals surface area contributed by atoms with E-state index < -0.39 is 30.8 Å². The summed E-state index contributed by atoms with van der Waals surface area (Å²) in [5.74, 6) is -3.00. The zero-order valence-electron chi connectivity index (χ0n) is 6.55. The lowest BCUT2D eigenvalue weighted by Gasteiger charge is -2.27. The highest BCUT2D eigenvalue weighted by Crippen LogP contribution is 2.16. The van der Waals surface area contributed by atoms with E-state index in [1.54, 1.807) is 0 Å². The van der Waals surface area contributed by atoms with Crippen molar-refractivity contribution in [2.24, 2.45) is 0 Å². The van der Waals surface area contributed by atoms with Crippen LogP contribution in [0.2, 0.25) is 0 Å². The third kappa shape index (κ3) is 3.00. The van der Waals surface area contributed by atoms with Gasteiger partial charge in [-0.25, -0.2) is 4.39 Å². The highest BCUT2D eigenvalue weighted by Gasteiger charge is 2.38. The molecule has 5 nitrogen and oxygen atoms in total. The van der Waals surface area contributed by atoms with E-state index in [0.29, 0.717) is 6.92 Å². The van der Waals surface area contributed by atoms with E-state index in [1.807, 2.05) is 0 Å². The Kier molecular flexibility index (Phi) is 4.01. The van der Waals surface area contributed by atoms with E-state index in [2.05, 4.69) is 0 Å². The molecule has 0 aromatic heterocycles. The monoisotopic (exact) mass is 183 g/mol. The van der Waals surface area contributed by atoms with Crippen LogP contribution < -0.4 is 0 Å². The summed E-state index contributed by atoms with van der Waals surface area (Å²) in [6, 6.07) is 0. The van der Waals surface area contributed by atoms with Crippen molar-refractivity contribution in [2.45, 2.75) is 31.1 Å². The smallest absolute Gasteiger partial charge is 0.232 e. The summed E-state index contributed by atoms with van der Waals surface area (Å²) in [4.78, 5) is 0. The van der Waals surface area contributed by atoms with Crippen LogP contribution in [-0.2, 0) is 0 Å². The molecule has 74 valence electrons. The van der Waals surface area contributed by atoms with Gasteiger partial charge in [0, 0.05) is 0 Å². The minimum absolute atomic E-state index is 0.630. The van der Waals surface area contributed by atoms with E-state index in [0.717, 1.165) is 0 Å². The number of halogens is 1. The standard InChI is InChI=1S/C6H13FO5/c1-6(7,12)5(11)4(10)3(9)2-8/h3-5,8-12H,2H2,1H3/t3-,4-,5+,6+/m1/s1/i7-1. The molecule has 5 N–H and O–H groups in total. The molecule has 4 atom stereocenters. The lowest BCUT2D eigenvalue weighted by Crippen LogP contribution is -2.49. The molecule has 0 unspecified atom stereocenters. The average molecular weight is 183 g/mol. The lowest BCUT2D eigenvalue weighted by atomic mass is 10.0. The maximum Gasteiger partial charge on any atom is 0.232 e. The molecule has 0 spiro atoms. The molecule has 0 saturated carbocycles. The Morgan fingerprint density at radius 3 is 2.00 bits per heavy atom. The Hall–Kier alpha value is -0.270. The van der Waals surface area contributed by atoms with Gasteiger partial charge in [0.2, 0.25) is 5.85 Å². The van der Waals surface area contributed by atoms with Crippen molar-refractivity contribution in [3.05, 3.63) is 0 Å². The number of rotatable bonds is 4. The van der Waals surface area contributed by atoms with Crippen LogP contribution in [-0.4, -0.2) is 56.3 Å². The Labute approximate surface area is 68.7 Å². The SMILES string of the molecule is C[C@@](O)([18F])[C@@H](O)[C@H](O)[C@H](O)CO. The van der Waals surface area contributed by atoms with Crippen LogP contribution in [0.4, 0.5) is 4.39 Å². The second-order valence-corrected chi connectivity index (χ2v) is 2.71. The maximum absolute atomic E-state index is 12.5. The summed E-state index contributed by atoms with van der Waals surface area (Å²) in [5, 5.41) is 43.2. The zero-order chi connectivity index (χ0) is 9.94. The Morgan fingerprint density at radius 1 is 1.33 bits per heavy atom. The molecule has 0 fully saturated rings. The van der Waals surface area contributed by atoms with Gasteiger partial charge >= 0.3 is 0 Å². The van der Waals surface area contributed by atoms with Gasteiger partial charge in [0.1, 0.15) is 18.3 Å². The third-order valence-electron chi connectivity index (χ3n) is 1.44. The average Bonchev–Trinajstić information content (AvgIpc) is 1.98. The lowest BCUT2D eigenvalue weighted by molar-refractivity contribution is -0.206.